The number of aromatic amines is 1. The monoisotopic (exact) mass is 700 g/mol. The van der Waals surface area contributed by atoms with Crippen LogP contribution in [0.4, 0.5) is 5.69 Å². The number of aliphatic hydroxyl groups is 1. The van der Waals surface area contributed by atoms with Gasteiger partial charge in [-0.05, 0) is 19.1 Å². The number of hydrogen-bond acceptors (Lipinski definition) is 14. The van der Waals surface area contributed by atoms with Gasteiger partial charge in [0.25, 0.3) is 11.2 Å². The molecule has 0 saturated carbocycles. The third kappa shape index (κ3) is 10.6. The van der Waals surface area contributed by atoms with Crippen molar-refractivity contribution in [3.63, 3.8) is 0 Å². The number of ether oxygens (including phenoxy) is 2. The maximum atomic E-state index is 12.5. The molecule has 0 spiro atoms. The standard InChI is InChI=1S/C21H27N4O17P3/c1-12(15-5-4-13(3-2-6-22)7-16(15)25(29)30)38-10-14-9-24(21(28)23-20(14)27)19-8-17(26)18(40-19)11-39-44(34,35)42-45(36,37)41-43(31,32)33/h4-5,7,9,12,17-19,26H,6,8,10-11,22H2,1H3,(H,34,35)(H,36,37)(H,23,27,28)(H2,31,32,33)/t12?,17?,18-,19-/m1/s1. The van der Waals surface area contributed by atoms with Crippen molar-refractivity contribution in [2.45, 2.75) is 44.5 Å². The average Bonchev–Trinajstić information content (AvgIpc) is 3.27. The molecule has 1 aliphatic heterocycles. The number of nitro benzene ring substituents is 1. The van der Waals surface area contributed by atoms with E-state index in [2.05, 4.69) is 25.0 Å². The van der Waals surface area contributed by atoms with Gasteiger partial charge in [0.05, 0.1) is 48.0 Å². The minimum absolute atomic E-state index is 0.0549. The summed E-state index contributed by atoms with van der Waals surface area (Å²) in [6.45, 7) is 0.130. The predicted molar refractivity (Wildman–Crippen MR) is 148 cm³/mol. The molecule has 1 aliphatic rings. The number of aromatic nitrogens is 2. The molecule has 4 unspecified atom stereocenters. The van der Waals surface area contributed by atoms with Crippen molar-refractivity contribution in [2.75, 3.05) is 13.2 Å². The molecule has 24 heteroatoms. The van der Waals surface area contributed by atoms with Crippen LogP contribution in [0.5, 0.6) is 0 Å². The number of phosphoric ester groups is 1. The van der Waals surface area contributed by atoms with Crippen LogP contribution in [0.15, 0.2) is 34.0 Å². The van der Waals surface area contributed by atoms with Crippen LogP contribution in [-0.4, -0.2) is 64.5 Å². The molecule has 0 aliphatic carbocycles. The molecule has 0 bridgehead atoms. The number of H-pyrrole nitrogens is 1. The lowest BCUT2D eigenvalue weighted by molar-refractivity contribution is -0.386. The zero-order valence-electron chi connectivity index (χ0n) is 22.9. The Morgan fingerprint density at radius 3 is 2.51 bits per heavy atom. The molecule has 1 aromatic heterocycles. The number of phosphoric acid groups is 3. The van der Waals surface area contributed by atoms with Gasteiger partial charge >= 0.3 is 29.2 Å². The molecule has 2 aromatic rings. The summed E-state index contributed by atoms with van der Waals surface area (Å²) in [5, 5.41) is 21.9. The van der Waals surface area contributed by atoms with Crippen LogP contribution in [0.1, 0.15) is 42.4 Å². The van der Waals surface area contributed by atoms with Gasteiger partial charge in [-0.1, -0.05) is 11.8 Å². The average molecular weight is 700 g/mol. The third-order valence-electron chi connectivity index (χ3n) is 5.86. The Kier molecular flexibility index (Phi) is 11.9. The summed E-state index contributed by atoms with van der Waals surface area (Å²) >= 11 is 0. The van der Waals surface area contributed by atoms with Crippen LogP contribution in [-0.2, 0) is 42.9 Å². The van der Waals surface area contributed by atoms with Crippen LogP contribution in [0.25, 0.3) is 0 Å². The molecule has 21 nitrogen and oxygen atoms in total. The van der Waals surface area contributed by atoms with Crippen molar-refractivity contribution in [1.82, 2.24) is 9.55 Å². The fourth-order valence-corrected chi connectivity index (χ4v) is 6.96. The van der Waals surface area contributed by atoms with E-state index in [1.807, 2.05) is 4.98 Å². The number of nitrogens with two attached hydrogens (primary N) is 1. The third-order valence-corrected chi connectivity index (χ3v) is 9.67. The maximum absolute atomic E-state index is 12.5. The van der Waals surface area contributed by atoms with Crippen LogP contribution < -0.4 is 17.0 Å². The number of aliphatic hydroxyl groups excluding tert-OH is 1. The number of nitro groups is 1. The minimum Gasteiger partial charge on any atom is -0.390 e. The van der Waals surface area contributed by atoms with E-state index in [4.69, 9.17) is 25.0 Å². The molecule has 0 amide bonds. The molecule has 1 saturated heterocycles. The molecule has 248 valence electrons. The SMILES string of the molecule is CC(OCc1cn([C@H]2CC(O)[C@@H](COP(=O)(O)OP(=O)(O)OP(=O)(O)O)O2)c(=O)[nH]c1=O)c1ccc(C#CCN)cc1[N+](=O)[O-]. The number of nitrogens with zero attached hydrogens (tertiary/aromatic N) is 2. The predicted octanol–water partition coefficient (Wildman–Crippen LogP) is 0.0245. The fourth-order valence-electron chi connectivity index (χ4n) is 3.93. The summed E-state index contributed by atoms with van der Waals surface area (Å²) in [4.78, 5) is 74.0. The first-order valence-corrected chi connectivity index (χ1v) is 16.9. The Morgan fingerprint density at radius 2 is 1.89 bits per heavy atom. The smallest absolute Gasteiger partial charge is 0.390 e. The zero-order chi connectivity index (χ0) is 33.7. The largest absolute Gasteiger partial charge is 0.490 e. The second-order valence-corrected chi connectivity index (χ2v) is 13.5. The quantitative estimate of drug-likeness (QED) is 0.0627. The normalized spacial score (nSPS) is 21.7. The lowest BCUT2D eigenvalue weighted by Gasteiger charge is -2.19. The molecular formula is C21H27N4O17P3. The van der Waals surface area contributed by atoms with Crippen LogP contribution >= 0.6 is 23.5 Å². The summed E-state index contributed by atoms with van der Waals surface area (Å²) in [6.07, 6.45) is -4.37. The van der Waals surface area contributed by atoms with Gasteiger partial charge in [-0.3, -0.25) is 29.0 Å². The van der Waals surface area contributed by atoms with E-state index in [1.165, 1.54) is 25.1 Å². The van der Waals surface area contributed by atoms with Crippen molar-refractivity contribution in [3.05, 3.63) is 72.0 Å². The Morgan fingerprint density at radius 1 is 1.20 bits per heavy atom. The van der Waals surface area contributed by atoms with E-state index in [0.29, 0.717) is 5.56 Å². The summed E-state index contributed by atoms with van der Waals surface area (Å²) in [5.74, 6) is 5.27. The highest BCUT2D eigenvalue weighted by Crippen LogP contribution is 2.66. The number of hydrogen-bond donors (Lipinski definition) is 7. The van der Waals surface area contributed by atoms with Crippen molar-refractivity contribution >= 4 is 29.2 Å². The van der Waals surface area contributed by atoms with E-state index in [-0.39, 0.29) is 29.8 Å². The molecule has 6 atom stereocenters. The van der Waals surface area contributed by atoms with Gasteiger partial charge in [-0.15, -0.1) is 0 Å². The van der Waals surface area contributed by atoms with Gasteiger partial charge in [0, 0.05) is 24.2 Å². The van der Waals surface area contributed by atoms with E-state index in [1.54, 1.807) is 0 Å². The van der Waals surface area contributed by atoms with Crippen LogP contribution in [0.2, 0.25) is 0 Å². The highest BCUT2D eigenvalue weighted by Gasteiger charge is 2.43. The first-order valence-electron chi connectivity index (χ1n) is 12.4. The molecule has 1 fully saturated rings. The fraction of sp³-hybridized carbons (Fsp3) is 0.429. The van der Waals surface area contributed by atoms with E-state index in [9.17, 15) is 48.3 Å². The summed E-state index contributed by atoms with van der Waals surface area (Å²) < 4.78 is 57.8. The first kappa shape index (κ1) is 36.6. The van der Waals surface area contributed by atoms with Crippen molar-refractivity contribution in [1.29, 1.82) is 0 Å². The van der Waals surface area contributed by atoms with Crippen molar-refractivity contribution in [2.24, 2.45) is 5.73 Å². The highest BCUT2D eigenvalue weighted by atomic mass is 31.3. The molecule has 8 N–H and O–H groups in total. The number of benzene rings is 1. The lowest BCUT2D eigenvalue weighted by Crippen LogP contribution is -2.34. The molecule has 45 heavy (non-hydrogen) atoms. The first-order chi connectivity index (χ1) is 20.8. The van der Waals surface area contributed by atoms with E-state index < -0.39 is 77.4 Å². The second kappa shape index (κ2) is 14.7. The van der Waals surface area contributed by atoms with E-state index in [0.717, 1.165) is 10.8 Å². The Balaban J connectivity index is 1.70. The summed E-state index contributed by atoms with van der Waals surface area (Å²) in [7, 11) is -16.9. The van der Waals surface area contributed by atoms with Crippen molar-refractivity contribution in [3.8, 4) is 11.8 Å². The van der Waals surface area contributed by atoms with E-state index >= 15 is 0 Å². The van der Waals surface area contributed by atoms with Gasteiger partial charge in [-0.2, -0.15) is 8.62 Å². The molecule has 2 heterocycles. The summed E-state index contributed by atoms with van der Waals surface area (Å²) in [5.41, 5.74) is 3.61. The van der Waals surface area contributed by atoms with Gasteiger partial charge in [-0.25, -0.2) is 18.5 Å². The zero-order valence-corrected chi connectivity index (χ0v) is 25.6. The second-order valence-electron chi connectivity index (χ2n) is 9.13. The molecule has 1 aromatic carbocycles. The number of rotatable bonds is 13. The highest BCUT2D eigenvalue weighted by molar-refractivity contribution is 7.66. The molecule has 3 rings (SSSR count). The Labute approximate surface area is 252 Å². The van der Waals surface area contributed by atoms with Crippen molar-refractivity contribution < 1.29 is 65.9 Å². The Bertz CT molecular complexity index is 1740. The van der Waals surface area contributed by atoms with Gasteiger partial charge in [0.15, 0.2) is 0 Å². The number of nitrogens with one attached hydrogen (secondary N) is 1. The summed E-state index contributed by atoms with van der Waals surface area (Å²) in [6, 6.07) is 4.21. The molecular weight excluding hydrogens is 673 g/mol. The lowest BCUT2D eigenvalue weighted by atomic mass is 10.1. The molecule has 0 radical (unpaired) electrons. The van der Waals surface area contributed by atoms with Gasteiger partial charge in [0.2, 0.25) is 0 Å². The maximum Gasteiger partial charge on any atom is 0.490 e. The minimum atomic E-state index is -5.78. The van der Waals surface area contributed by atoms with Gasteiger partial charge < -0.3 is 39.9 Å². The van der Waals surface area contributed by atoms with Crippen LogP contribution in [0.3, 0.4) is 0 Å². The van der Waals surface area contributed by atoms with Crippen LogP contribution in [0, 0.1) is 22.0 Å². The van der Waals surface area contributed by atoms with Gasteiger partial charge in [0.1, 0.15) is 12.3 Å². The Hall–Kier alpha value is -2.89. The topological polar surface area (TPSA) is 323 Å².